The molecule has 0 spiro atoms. The van der Waals surface area contributed by atoms with Crippen LogP contribution in [0.15, 0.2) is 0 Å². The van der Waals surface area contributed by atoms with Gasteiger partial charge in [0, 0.05) is 12.3 Å². The summed E-state index contributed by atoms with van der Waals surface area (Å²) in [5.74, 6) is 0.472. The van der Waals surface area contributed by atoms with Crippen LogP contribution in [0.3, 0.4) is 0 Å². The molecular weight excluding hydrogens is 178 g/mol. The number of hydrogen-bond donors (Lipinski definition) is 2. The summed E-state index contributed by atoms with van der Waals surface area (Å²) in [6.45, 7) is 1.92. The molecule has 0 aliphatic carbocycles. The highest BCUT2D eigenvalue weighted by molar-refractivity contribution is 6.17. The molecule has 0 bridgehead atoms. The molecule has 0 aliphatic heterocycles. The van der Waals surface area contributed by atoms with E-state index < -0.39 is 0 Å². The Morgan fingerprint density at radius 1 is 1.67 bits per heavy atom. The summed E-state index contributed by atoms with van der Waals surface area (Å²) in [7, 11) is 0. The first kappa shape index (κ1) is 11.7. The molecular formula is C8H16ClNO2. The molecule has 0 aromatic rings. The maximum Gasteiger partial charge on any atom is 0.220 e. The molecule has 0 aromatic carbocycles. The Morgan fingerprint density at radius 2 is 2.33 bits per heavy atom. The molecule has 3 nitrogen and oxygen atoms in total. The Bertz CT molecular complexity index is 126. The van der Waals surface area contributed by atoms with Crippen molar-refractivity contribution in [2.24, 2.45) is 0 Å². The maximum atomic E-state index is 11.0. The summed E-state index contributed by atoms with van der Waals surface area (Å²) in [4.78, 5) is 11.0. The van der Waals surface area contributed by atoms with E-state index in [2.05, 4.69) is 5.32 Å². The smallest absolute Gasteiger partial charge is 0.220 e. The zero-order chi connectivity index (χ0) is 9.40. The van der Waals surface area contributed by atoms with E-state index in [1.807, 2.05) is 6.92 Å². The minimum Gasteiger partial charge on any atom is -0.394 e. The second-order valence-corrected chi connectivity index (χ2v) is 3.03. The monoisotopic (exact) mass is 193 g/mol. The van der Waals surface area contributed by atoms with Crippen LogP contribution in [0.5, 0.6) is 0 Å². The van der Waals surface area contributed by atoms with E-state index in [9.17, 15) is 4.79 Å². The lowest BCUT2D eigenvalue weighted by molar-refractivity contribution is -0.122. The number of nitrogens with one attached hydrogen (secondary N) is 1. The Labute approximate surface area is 78.1 Å². The number of amides is 1. The quantitative estimate of drug-likeness (QED) is 0.616. The van der Waals surface area contributed by atoms with E-state index in [1.165, 1.54) is 0 Å². The highest BCUT2D eigenvalue weighted by Crippen LogP contribution is 1.94. The van der Waals surface area contributed by atoms with Crippen molar-refractivity contribution in [3.8, 4) is 0 Å². The first-order valence-electron chi connectivity index (χ1n) is 4.20. The van der Waals surface area contributed by atoms with Gasteiger partial charge in [-0.2, -0.15) is 0 Å². The van der Waals surface area contributed by atoms with Crippen LogP contribution in [0.4, 0.5) is 0 Å². The van der Waals surface area contributed by atoms with Crippen molar-refractivity contribution in [1.29, 1.82) is 0 Å². The fraction of sp³-hybridized carbons (Fsp3) is 0.875. The number of carbonyl (C=O) groups excluding carboxylic acids is 1. The molecule has 0 aliphatic rings. The predicted molar refractivity (Wildman–Crippen MR) is 49.3 cm³/mol. The van der Waals surface area contributed by atoms with Gasteiger partial charge in [0.1, 0.15) is 0 Å². The van der Waals surface area contributed by atoms with E-state index in [0.717, 1.165) is 6.42 Å². The second-order valence-electron chi connectivity index (χ2n) is 2.65. The molecule has 0 saturated carbocycles. The third-order valence-electron chi connectivity index (χ3n) is 1.62. The topological polar surface area (TPSA) is 49.3 Å². The molecule has 72 valence electrons. The van der Waals surface area contributed by atoms with Gasteiger partial charge in [-0.25, -0.2) is 0 Å². The fourth-order valence-electron chi connectivity index (χ4n) is 0.804. The van der Waals surface area contributed by atoms with Crippen LogP contribution >= 0.6 is 11.6 Å². The molecule has 2 N–H and O–H groups in total. The van der Waals surface area contributed by atoms with Crippen molar-refractivity contribution in [2.75, 3.05) is 12.5 Å². The van der Waals surface area contributed by atoms with Gasteiger partial charge in [-0.3, -0.25) is 4.79 Å². The van der Waals surface area contributed by atoms with E-state index in [0.29, 0.717) is 18.7 Å². The summed E-state index contributed by atoms with van der Waals surface area (Å²) in [5, 5.41) is 11.5. The van der Waals surface area contributed by atoms with Gasteiger partial charge in [-0.15, -0.1) is 11.6 Å². The minimum absolute atomic E-state index is 0.00309. The van der Waals surface area contributed by atoms with Crippen molar-refractivity contribution in [3.63, 3.8) is 0 Å². The molecule has 0 rings (SSSR count). The number of carbonyl (C=O) groups is 1. The van der Waals surface area contributed by atoms with E-state index in [4.69, 9.17) is 16.7 Å². The number of aliphatic hydroxyl groups is 1. The molecule has 1 amide bonds. The Kier molecular flexibility index (Phi) is 7.20. The van der Waals surface area contributed by atoms with E-state index in [-0.39, 0.29) is 18.6 Å². The van der Waals surface area contributed by atoms with E-state index in [1.54, 1.807) is 0 Å². The first-order valence-corrected chi connectivity index (χ1v) is 4.74. The summed E-state index contributed by atoms with van der Waals surface area (Å²) in [6, 6.07) is -0.104. The minimum atomic E-state index is -0.104. The van der Waals surface area contributed by atoms with Gasteiger partial charge >= 0.3 is 0 Å². The van der Waals surface area contributed by atoms with Gasteiger partial charge in [0.2, 0.25) is 5.91 Å². The zero-order valence-corrected chi connectivity index (χ0v) is 8.10. The van der Waals surface area contributed by atoms with Crippen molar-refractivity contribution in [3.05, 3.63) is 0 Å². The first-order chi connectivity index (χ1) is 5.74. The van der Waals surface area contributed by atoms with Gasteiger partial charge in [-0.1, -0.05) is 6.92 Å². The summed E-state index contributed by atoms with van der Waals surface area (Å²) < 4.78 is 0. The van der Waals surface area contributed by atoms with Crippen molar-refractivity contribution >= 4 is 17.5 Å². The van der Waals surface area contributed by atoms with Crippen LogP contribution < -0.4 is 5.32 Å². The second kappa shape index (κ2) is 7.37. The summed E-state index contributed by atoms with van der Waals surface area (Å²) >= 11 is 5.42. The van der Waals surface area contributed by atoms with Gasteiger partial charge in [0.25, 0.3) is 0 Å². The van der Waals surface area contributed by atoms with Crippen molar-refractivity contribution in [1.82, 2.24) is 5.32 Å². The molecule has 0 aromatic heterocycles. The average Bonchev–Trinajstić information content (AvgIpc) is 2.10. The number of aliphatic hydroxyl groups excluding tert-OH is 1. The average molecular weight is 194 g/mol. The molecule has 0 saturated heterocycles. The van der Waals surface area contributed by atoms with Gasteiger partial charge in [0.05, 0.1) is 12.6 Å². The number of alkyl halides is 1. The zero-order valence-electron chi connectivity index (χ0n) is 7.35. The Balaban J connectivity index is 3.52. The van der Waals surface area contributed by atoms with Gasteiger partial charge < -0.3 is 10.4 Å². The molecule has 0 heterocycles. The molecule has 1 atom stereocenters. The van der Waals surface area contributed by atoms with Crippen molar-refractivity contribution < 1.29 is 9.90 Å². The van der Waals surface area contributed by atoms with Crippen LogP contribution in [-0.4, -0.2) is 29.5 Å². The molecule has 0 fully saturated rings. The molecule has 12 heavy (non-hydrogen) atoms. The standard InChI is InChI=1S/C8H16ClNO2/c1-2-7(6-11)10-8(12)4-3-5-9/h7,11H,2-6H2,1H3,(H,10,12)/t7-/m0/s1. The maximum absolute atomic E-state index is 11.0. The lowest BCUT2D eigenvalue weighted by Gasteiger charge is -2.13. The van der Waals surface area contributed by atoms with Gasteiger partial charge in [-0.05, 0) is 12.8 Å². The van der Waals surface area contributed by atoms with E-state index >= 15 is 0 Å². The number of hydrogen-bond acceptors (Lipinski definition) is 2. The summed E-state index contributed by atoms with van der Waals surface area (Å²) in [6.07, 6.45) is 1.89. The van der Waals surface area contributed by atoms with Crippen LogP contribution in [-0.2, 0) is 4.79 Å². The SMILES string of the molecule is CC[C@@H](CO)NC(=O)CCCCl. The largest absolute Gasteiger partial charge is 0.394 e. The number of halogens is 1. The summed E-state index contributed by atoms with van der Waals surface area (Å²) in [5.41, 5.74) is 0. The highest BCUT2D eigenvalue weighted by Gasteiger charge is 2.07. The van der Waals surface area contributed by atoms with Gasteiger partial charge in [0.15, 0.2) is 0 Å². The van der Waals surface area contributed by atoms with Crippen LogP contribution in [0.1, 0.15) is 26.2 Å². The number of rotatable bonds is 6. The molecule has 0 unspecified atom stereocenters. The fourth-order valence-corrected chi connectivity index (χ4v) is 0.938. The third-order valence-corrected chi connectivity index (χ3v) is 1.88. The Morgan fingerprint density at radius 3 is 2.75 bits per heavy atom. The van der Waals surface area contributed by atoms with Crippen LogP contribution in [0, 0.1) is 0 Å². The predicted octanol–water partition coefficient (Wildman–Crippen LogP) is 0.892. The third kappa shape index (κ3) is 5.38. The van der Waals surface area contributed by atoms with Crippen LogP contribution in [0.2, 0.25) is 0 Å². The lowest BCUT2D eigenvalue weighted by Crippen LogP contribution is -2.36. The molecule has 4 heteroatoms. The highest BCUT2D eigenvalue weighted by atomic mass is 35.5. The normalized spacial score (nSPS) is 12.6. The van der Waals surface area contributed by atoms with Crippen LogP contribution in [0.25, 0.3) is 0 Å². The van der Waals surface area contributed by atoms with Crippen molar-refractivity contribution in [2.45, 2.75) is 32.2 Å². The Hall–Kier alpha value is -0.280. The molecule has 0 radical (unpaired) electrons. The lowest BCUT2D eigenvalue weighted by atomic mass is 10.2.